The number of hydrogen-bond donors (Lipinski definition) is 1. The Kier molecular flexibility index (Phi) is 3.98. The van der Waals surface area contributed by atoms with Crippen LogP contribution in [0.1, 0.15) is 59.8 Å². The second-order valence-corrected chi connectivity index (χ2v) is 7.24. The summed E-state index contributed by atoms with van der Waals surface area (Å²) in [5.41, 5.74) is 5.05. The number of nitrogens with two attached hydrogens (primary N) is 1. The van der Waals surface area contributed by atoms with Crippen molar-refractivity contribution >= 4 is 11.8 Å². The maximum atomic E-state index is 12.9. The molecule has 0 spiro atoms. The molecule has 0 aromatic carbocycles. The molecule has 0 aromatic heterocycles. The minimum Gasteiger partial charge on any atom is -0.328 e. The summed E-state index contributed by atoms with van der Waals surface area (Å²) in [5, 5.41) is 0. The van der Waals surface area contributed by atoms with Crippen molar-refractivity contribution in [3.63, 3.8) is 0 Å². The van der Waals surface area contributed by atoms with Crippen LogP contribution < -0.4 is 5.73 Å². The fourth-order valence-corrected chi connectivity index (χ4v) is 3.86. The number of nitrogens with zero attached hydrogens (tertiary/aromatic N) is 1. The summed E-state index contributed by atoms with van der Waals surface area (Å²) in [7, 11) is 0. The van der Waals surface area contributed by atoms with Crippen molar-refractivity contribution in [3.05, 3.63) is 0 Å². The number of amides is 2. The van der Waals surface area contributed by atoms with E-state index in [1.165, 1.54) is 6.42 Å². The molecule has 1 heterocycles. The maximum Gasteiger partial charge on any atom is 0.236 e. The van der Waals surface area contributed by atoms with Crippen molar-refractivity contribution in [3.8, 4) is 0 Å². The molecule has 3 atom stereocenters. The van der Waals surface area contributed by atoms with Gasteiger partial charge in [0.2, 0.25) is 11.8 Å². The molecule has 1 aliphatic heterocycles. The van der Waals surface area contributed by atoms with Crippen LogP contribution in [0, 0.1) is 17.3 Å². The summed E-state index contributed by atoms with van der Waals surface area (Å²) in [6, 6.07) is 0. The van der Waals surface area contributed by atoms with Gasteiger partial charge < -0.3 is 5.73 Å². The molecule has 2 fully saturated rings. The highest BCUT2D eigenvalue weighted by Gasteiger charge is 2.58. The molecule has 4 heteroatoms. The van der Waals surface area contributed by atoms with Gasteiger partial charge in [-0.3, -0.25) is 14.5 Å². The summed E-state index contributed by atoms with van der Waals surface area (Å²) in [6.07, 6.45) is 4.46. The summed E-state index contributed by atoms with van der Waals surface area (Å²) >= 11 is 0. The van der Waals surface area contributed by atoms with Gasteiger partial charge in [-0.2, -0.15) is 0 Å². The van der Waals surface area contributed by atoms with Gasteiger partial charge in [0.05, 0.1) is 11.0 Å². The van der Waals surface area contributed by atoms with Crippen molar-refractivity contribution in [1.82, 2.24) is 4.90 Å². The lowest BCUT2D eigenvalue weighted by molar-refractivity contribution is -0.153. The van der Waals surface area contributed by atoms with Crippen molar-refractivity contribution in [2.75, 3.05) is 6.54 Å². The quantitative estimate of drug-likeness (QED) is 0.807. The zero-order valence-electron chi connectivity index (χ0n) is 13.2. The zero-order valence-corrected chi connectivity index (χ0v) is 13.2. The third-order valence-electron chi connectivity index (χ3n) is 5.95. The number of likely N-dealkylation sites (tertiary alicyclic amines) is 1. The van der Waals surface area contributed by atoms with Gasteiger partial charge in [-0.1, -0.05) is 33.6 Å². The highest BCUT2D eigenvalue weighted by Crippen LogP contribution is 2.47. The standard InChI is InChI=1S/C16H28N2O2/c1-11(2)15(4)9-13(19)18(14(15)20)16(10-17)8-6-5-7-12(16)3/h11-12H,5-10,17H2,1-4H3. The number of carbonyl (C=O) groups excluding carboxylic acids is 2. The molecule has 4 nitrogen and oxygen atoms in total. The molecule has 3 unspecified atom stereocenters. The van der Waals surface area contributed by atoms with E-state index in [1.807, 2.05) is 20.8 Å². The maximum absolute atomic E-state index is 12.9. The fraction of sp³-hybridized carbons (Fsp3) is 0.875. The Hall–Kier alpha value is -0.900. The third-order valence-corrected chi connectivity index (χ3v) is 5.95. The molecule has 2 aliphatic rings. The number of rotatable bonds is 3. The molecular weight excluding hydrogens is 252 g/mol. The minimum atomic E-state index is -0.559. The van der Waals surface area contributed by atoms with Crippen LogP contribution in [-0.2, 0) is 9.59 Å². The van der Waals surface area contributed by atoms with E-state index in [9.17, 15) is 9.59 Å². The minimum absolute atomic E-state index is 0.00306. The second-order valence-electron chi connectivity index (χ2n) is 7.24. The van der Waals surface area contributed by atoms with E-state index in [1.54, 1.807) is 4.90 Å². The molecule has 2 amide bonds. The Morgan fingerprint density at radius 1 is 1.35 bits per heavy atom. The van der Waals surface area contributed by atoms with Gasteiger partial charge in [0, 0.05) is 13.0 Å². The van der Waals surface area contributed by atoms with Crippen LogP contribution in [0.25, 0.3) is 0 Å². The van der Waals surface area contributed by atoms with Crippen LogP contribution in [-0.4, -0.2) is 28.8 Å². The van der Waals surface area contributed by atoms with Crippen molar-refractivity contribution in [1.29, 1.82) is 0 Å². The Morgan fingerprint density at radius 3 is 2.45 bits per heavy atom. The number of imide groups is 1. The number of hydrogen-bond acceptors (Lipinski definition) is 3. The molecule has 1 saturated heterocycles. The molecule has 0 bridgehead atoms. The van der Waals surface area contributed by atoms with Crippen molar-refractivity contribution in [2.24, 2.45) is 23.0 Å². The lowest BCUT2D eigenvalue weighted by atomic mass is 9.72. The molecule has 1 saturated carbocycles. The highest BCUT2D eigenvalue weighted by atomic mass is 16.2. The fourth-order valence-electron chi connectivity index (χ4n) is 3.86. The largest absolute Gasteiger partial charge is 0.328 e. The lowest BCUT2D eigenvalue weighted by Crippen LogP contribution is -2.62. The summed E-state index contributed by atoms with van der Waals surface area (Å²) in [4.78, 5) is 27.1. The molecule has 2 N–H and O–H groups in total. The first-order chi connectivity index (χ1) is 9.29. The van der Waals surface area contributed by atoms with Crippen LogP contribution in [0.2, 0.25) is 0 Å². The number of carbonyl (C=O) groups is 2. The predicted octanol–water partition coefficient (Wildman–Crippen LogP) is 2.32. The van der Waals surface area contributed by atoms with Gasteiger partial charge >= 0.3 is 0 Å². The average molecular weight is 280 g/mol. The zero-order chi connectivity index (χ0) is 15.1. The van der Waals surface area contributed by atoms with Crippen LogP contribution in [0.4, 0.5) is 0 Å². The Balaban J connectivity index is 2.40. The second kappa shape index (κ2) is 5.14. The Labute approximate surface area is 122 Å². The molecule has 0 aromatic rings. The van der Waals surface area contributed by atoms with Gasteiger partial charge in [-0.15, -0.1) is 0 Å². The van der Waals surface area contributed by atoms with Crippen molar-refractivity contribution in [2.45, 2.75) is 65.3 Å². The van der Waals surface area contributed by atoms with E-state index in [0.717, 1.165) is 19.3 Å². The van der Waals surface area contributed by atoms with E-state index >= 15 is 0 Å². The van der Waals surface area contributed by atoms with Crippen LogP contribution in [0.5, 0.6) is 0 Å². The molecule has 114 valence electrons. The molecule has 1 aliphatic carbocycles. The van der Waals surface area contributed by atoms with E-state index < -0.39 is 11.0 Å². The smallest absolute Gasteiger partial charge is 0.236 e. The topological polar surface area (TPSA) is 63.4 Å². The Bertz CT molecular complexity index is 421. The molecule has 0 radical (unpaired) electrons. The summed E-state index contributed by atoms with van der Waals surface area (Å²) in [5.74, 6) is 0.434. The van der Waals surface area contributed by atoms with Gasteiger partial charge in [-0.25, -0.2) is 0 Å². The Morgan fingerprint density at radius 2 is 2.00 bits per heavy atom. The van der Waals surface area contributed by atoms with Crippen LogP contribution in [0.3, 0.4) is 0 Å². The van der Waals surface area contributed by atoms with Gasteiger partial charge in [-0.05, 0) is 31.6 Å². The summed E-state index contributed by atoms with van der Waals surface area (Å²) < 4.78 is 0. The van der Waals surface area contributed by atoms with Gasteiger partial charge in [0.1, 0.15) is 0 Å². The first-order valence-corrected chi connectivity index (χ1v) is 7.87. The monoisotopic (exact) mass is 280 g/mol. The van der Waals surface area contributed by atoms with Crippen molar-refractivity contribution < 1.29 is 9.59 Å². The van der Waals surface area contributed by atoms with E-state index in [2.05, 4.69) is 6.92 Å². The highest BCUT2D eigenvalue weighted by molar-refractivity contribution is 6.06. The first kappa shape index (κ1) is 15.5. The predicted molar refractivity (Wildman–Crippen MR) is 78.8 cm³/mol. The van der Waals surface area contributed by atoms with E-state index in [-0.39, 0.29) is 17.7 Å². The third kappa shape index (κ3) is 2.00. The van der Waals surface area contributed by atoms with Gasteiger partial charge in [0.25, 0.3) is 0 Å². The molecule has 20 heavy (non-hydrogen) atoms. The summed E-state index contributed by atoms with van der Waals surface area (Å²) in [6.45, 7) is 8.50. The van der Waals surface area contributed by atoms with E-state index in [0.29, 0.717) is 18.9 Å². The lowest BCUT2D eigenvalue weighted by Gasteiger charge is -2.48. The first-order valence-electron chi connectivity index (χ1n) is 7.87. The van der Waals surface area contributed by atoms with E-state index in [4.69, 9.17) is 5.73 Å². The normalized spacial score (nSPS) is 38.9. The molecule has 2 rings (SSSR count). The molecular formula is C16H28N2O2. The van der Waals surface area contributed by atoms with Crippen LogP contribution >= 0.6 is 0 Å². The van der Waals surface area contributed by atoms with Crippen LogP contribution in [0.15, 0.2) is 0 Å². The SMILES string of the molecule is CC(C)C1(C)CC(=O)N(C2(CN)CCCCC2C)C1=O. The average Bonchev–Trinajstić information content (AvgIpc) is 2.63. The van der Waals surface area contributed by atoms with Gasteiger partial charge in [0.15, 0.2) is 0 Å².